The molecule has 0 spiro atoms. The summed E-state index contributed by atoms with van der Waals surface area (Å²) in [4.78, 5) is 4.84. The van der Waals surface area contributed by atoms with Crippen molar-refractivity contribution in [3.05, 3.63) is 148 Å². The van der Waals surface area contributed by atoms with Crippen molar-refractivity contribution in [3.8, 4) is 22.3 Å². The number of benzene rings is 4. The summed E-state index contributed by atoms with van der Waals surface area (Å²) in [6.45, 7) is 16.5. The summed E-state index contributed by atoms with van der Waals surface area (Å²) in [5.41, 5.74) is 16.5. The van der Waals surface area contributed by atoms with Crippen LogP contribution in [0.3, 0.4) is 0 Å². The summed E-state index contributed by atoms with van der Waals surface area (Å²) in [7, 11) is 0. The third-order valence-electron chi connectivity index (χ3n) is 11.2. The molecule has 0 N–H and O–H groups in total. The van der Waals surface area contributed by atoms with Gasteiger partial charge >= 0.3 is 0 Å². The van der Waals surface area contributed by atoms with Crippen molar-refractivity contribution in [2.45, 2.75) is 83.5 Å². The normalized spacial score (nSPS) is 16.3. The van der Waals surface area contributed by atoms with Crippen LogP contribution in [-0.2, 0) is 16.2 Å². The summed E-state index contributed by atoms with van der Waals surface area (Å²) in [5.74, 6) is 0.308. The average Bonchev–Trinajstić information content (AvgIpc) is 3.41. The highest BCUT2D eigenvalue weighted by atomic mass is 14.7. The minimum absolute atomic E-state index is 0.0163. The quantitative estimate of drug-likeness (QED) is 0.201. The standard InChI is InChI=1S/C42H43N/c1-8-42(9-2,39-16-12-13-23-43-39)30-19-22-34-33-21-18-29(25-37(33)41(6,7)38(34)26-30)27(3)28-17-20-32-31-14-10-11-15-35(31)40(4,5)36(32)24-28/h10-27H,8-9H2,1-7H3. The third-order valence-corrected chi connectivity index (χ3v) is 11.2. The zero-order valence-corrected chi connectivity index (χ0v) is 26.8. The fourth-order valence-electron chi connectivity index (χ4n) is 8.32. The maximum atomic E-state index is 4.84. The van der Waals surface area contributed by atoms with E-state index in [9.17, 15) is 0 Å². The fraction of sp³-hybridized carbons (Fsp3) is 0.310. The number of fused-ring (bicyclic) bond motifs is 6. The van der Waals surface area contributed by atoms with Crippen molar-refractivity contribution in [3.63, 3.8) is 0 Å². The smallest absolute Gasteiger partial charge is 0.0509 e. The molecule has 0 radical (unpaired) electrons. The molecule has 2 aliphatic rings. The van der Waals surface area contributed by atoms with E-state index in [4.69, 9.17) is 4.98 Å². The van der Waals surface area contributed by atoms with Crippen LogP contribution in [0, 0.1) is 0 Å². The number of aromatic nitrogens is 1. The second kappa shape index (κ2) is 9.78. The molecule has 1 atom stereocenters. The second-order valence-corrected chi connectivity index (χ2v) is 13.9. The Bertz CT molecular complexity index is 1850. The van der Waals surface area contributed by atoms with Gasteiger partial charge in [0.2, 0.25) is 0 Å². The molecule has 5 aromatic rings. The zero-order chi connectivity index (χ0) is 30.1. The Morgan fingerprint density at radius 1 is 0.581 bits per heavy atom. The molecule has 1 heteroatoms. The minimum atomic E-state index is -0.0815. The number of rotatable bonds is 6. The van der Waals surface area contributed by atoms with E-state index in [1.807, 2.05) is 12.3 Å². The molecule has 0 bridgehead atoms. The first-order valence-corrected chi connectivity index (χ1v) is 16.1. The highest BCUT2D eigenvalue weighted by Crippen LogP contribution is 2.52. The summed E-state index contributed by atoms with van der Waals surface area (Å²) < 4.78 is 0. The first-order valence-electron chi connectivity index (χ1n) is 16.1. The van der Waals surface area contributed by atoms with E-state index >= 15 is 0 Å². The molecule has 1 heterocycles. The maximum absolute atomic E-state index is 4.84. The van der Waals surface area contributed by atoms with Gasteiger partial charge in [-0.2, -0.15) is 0 Å². The molecular weight excluding hydrogens is 518 g/mol. The molecule has 1 unspecified atom stereocenters. The molecule has 43 heavy (non-hydrogen) atoms. The van der Waals surface area contributed by atoms with Gasteiger partial charge in [-0.3, -0.25) is 4.98 Å². The number of hydrogen-bond donors (Lipinski definition) is 0. The molecule has 216 valence electrons. The van der Waals surface area contributed by atoms with Crippen LogP contribution in [-0.4, -0.2) is 4.98 Å². The molecule has 1 aromatic heterocycles. The van der Waals surface area contributed by atoms with E-state index in [-0.39, 0.29) is 16.2 Å². The van der Waals surface area contributed by atoms with Gasteiger partial charge in [-0.1, -0.05) is 133 Å². The van der Waals surface area contributed by atoms with Crippen molar-refractivity contribution in [2.75, 3.05) is 0 Å². The Labute approximate surface area is 258 Å². The van der Waals surface area contributed by atoms with Crippen LogP contribution in [0.2, 0.25) is 0 Å². The van der Waals surface area contributed by atoms with E-state index in [1.54, 1.807) is 0 Å². The topological polar surface area (TPSA) is 12.9 Å². The van der Waals surface area contributed by atoms with Gasteiger partial charge in [0.25, 0.3) is 0 Å². The van der Waals surface area contributed by atoms with E-state index in [0.29, 0.717) is 5.92 Å². The lowest BCUT2D eigenvalue weighted by molar-refractivity contribution is 0.463. The molecule has 0 aliphatic heterocycles. The summed E-state index contributed by atoms with van der Waals surface area (Å²) in [6.07, 6.45) is 3.99. The Balaban J connectivity index is 1.26. The van der Waals surface area contributed by atoms with E-state index in [2.05, 4.69) is 139 Å². The molecule has 0 saturated carbocycles. The van der Waals surface area contributed by atoms with Gasteiger partial charge < -0.3 is 0 Å². The monoisotopic (exact) mass is 561 g/mol. The van der Waals surface area contributed by atoms with Crippen LogP contribution in [0.25, 0.3) is 22.3 Å². The molecular formula is C42H43N. The van der Waals surface area contributed by atoms with Crippen molar-refractivity contribution >= 4 is 0 Å². The minimum Gasteiger partial charge on any atom is -0.260 e. The van der Waals surface area contributed by atoms with Gasteiger partial charge in [0, 0.05) is 28.4 Å². The van der Waals surface area contributed by atoms with Crippen LogP contribution in [0.5, 0.6) is 0 Å². The van der Waals surface area contributed by atoms with Crippen LogP contribution >= 0.6 is 0 Å². The average molecular weight is 562 g/mol. The number of pyridine rings is 1. The van der Waals surface area contributed by atoms with Gasteiger partial charge in [0.15, 0.2) is 0 Å². The largest absolute Gasteiger partial charge is 0.260 e. The molecule has 0 fully saturated rings. The van der Waals surface area contributed by atoms with Crippen molar-refractivity contribution in [1.29, 1.82) is 0 Å². The fourth-order valence-corrected chi connectivity index (χ4v) is 8.32. The molecule has 2 aliphatic carbocycles. The lowest BCUT2D eigenvalue weighted by atomic mass is 9.71. The van der Waals surface area contributed by atoms with E-state index < -0.39 is 0 Å². The van der Waals surface area contributed by atoms with Crippen molar-refractivity contribution in [2.24, 2.45) is 0 Å². The summed E-state index contributed by atoms with van der Waals surface area (Å²) in [5, 5.41) is 0. The Morgan fingerprint density at radius 2 is 1.09 bits per heavy atom. The van der Waals surface area contributed by atoms with Crippen molar-refractivity contribution < 1.29 is 0 Å². The van der Waals surface area contributed by atoms with Crippen LogP contribution in [0.4, 0.5) is 0 Å². The summed E-state index contributed by atoms with van der Waals surface area (Å²) >= 11 is 0. The molecule has 1 nitrogen and oxygen atoms in total. The predicted octanol–water partition coefficient (Wildman–Crippen LogP) is 11.0. The molecule has 7 rings (SSSR count). The Kier molecular flexibility index (Phi) is 6.33. The zero-order valence-electron chi connectivity index (χ0n) is 26.8. The lowest BCUT2D eigenvalue weighted by Crippen LogP contribution is -2.28. The van der Waals surface area contributed by atoms with Gasteiger partial charge in [-0.15, -0.1) is 0 Å². The number of hydrogen-bond acceptors (Lipinski definition) is 1. The lowest BCUT2D eigenvalue weighted by Gasteiger charge is -2.33. The Morgan fingerprint density at radius 3 is 1.67 bits per heavy atom. The van der Waals surface area contributed by atoms with Crippen LogP contribution in [0.15, 0.2) is 103 Å². The molecule has 0 saturated heterocycles. The van der Waals surface area contributed by atoms with Gasteiger partial charge in [0.05, 0.1) is 5.69 Å². The van der Waals surface area contributed by atoms with E-state index in [1.165, 1.54) is 66.9 Å². The van der Waals surface area contributed by atoms with E-state index in [0.717, 1.165) is 12.8 Å². The first-order chi connectivity index (χ1) is 20.6. The molecule has 4 aromatic carbocycles. The van der Waals surface area contributed by atoms with Gasteiger partial charge in [-0.25, -0.2) is 0 Å². The van der Waals surface area contributed by atoms with Gasteiger partial charge in [0.1, 0.15) is 0 Å². The number of nitrogens with zero attached hydrogens (tertiary/aromatic N) is 1. The Hall–Kier alpha value is -3.97. The second-order valence-electron chi connectivity index (χ2n) is 13.9. The summed E-state index contributed by atoms with van der Waals surface area (Å²) in [6, 6.07) is 36.9. The SMILES string of the molecule is CCC(CC)(c1ccc2c(c1)C(C)(C)c1cc(C(C)c3ccc4c(c3)C(C)(C)c3ccccc3-4)ccc1-2)c1ccccn1. The van der Waals surface area contributed by atoms with Crippen LogP contribution < -0.4 is 0 Å². The molecule has 0 amide bonds. The first kappa shape index (κ1) is 27.8. The maximum Gasteiger partial charge on any atom is 0.0509 e. The highest BCUT2D eigenvalue weighted by molar-refractivity contribution is 5.83. The predicted molar refractivity (Wildman–Crippen MR) is 181 cm³/mol. The van der Waals surface area contributed by atoms with Crippen LogP contribution in [0.1, 0.15) is 112 Å². The highest BCUT2D eigenvalue weighted by Gasteiger charge is 2.40. The van der Waals surface area contributed by atoms with Crippen molar-refractivity contribution in [1.82, 2.24) is 4.98 Å². The van der Waals surface area contributed by atoms with Gasteiger partial charge in [-0.05, 0) is 86.2 Å². The third kappa shape index (κ3) is 3.93.